The summed E-state index contributed by atoms with van der Waals surface area (Å²) in [5.74, 6) is -0.617. The average molecular weight is 241 g/mol. The summed E-state index contributed by atoms with van der Waals surface area (Å²) in [4.78, 5) is 37.6. The van der Waals surface area contributed by atoms with Crippen molar-refractivity contribution in [3.8, 4) is 0 Å². The Hall–Kier alpha value is -1.59. The van der Waals surface area contributed by atoms with E-state index in [2.05, 4.69) is 5.32 Å². The van der Waals surface area contributed by atoms with E-state index in [1.807, 2.05) is 0 Å². The molecule has 96 valence electrons. The zero-order chi connectivity index (χ0) is 13.0. The van der Waals surface area contributed by atoms with E-state index in [1.165, 1.54) is 13.8 Å². The predicted octanol–water partition coefficient (Wildman–Crippen LogP) is -0.941. The molecule has 0 aliphatic carbocycles. The zero-order valence-corrected chi connectivity index (χ0v) is 10.5. The van der Waals surface area contributed by atoms with Gasteiger partial charge in [-0.2, -0.15) is 0 Å². The molecule has 0 aromatic rings. The highest BCUT2D eigenvalue weighted by Gasteiger charge is 2.29. The third-order valence-corrected chi connectivity index (χ3v) is 3.03. The van der Waals surface area contributed by atoms with Gasteiger partial charge in [-0.1, -0.05) is 0 Å². The largest absolute Gasteiger partial charge is 0.359 e. The summed E-state index contributed by atoms with van der Waals surface area (Å²) in [7, 11) is 1.56. The van der Waals surface area contributed by atoms with Crippen molar-refractivity contribution in [1.29, 1.82) is 0 Å². The molecule has 3 amide bonds. The van der Waals surface area contributed by atoms with Crippen LogP contribution < -0.4 is 5.32 Å². The number of nitrogens with one attached hydrogen (secondary N) is 1. The van der Waals surface area contributed by atoms with E-state index in [1.54, 1.807) is 16.8 Å². The number of nitrogens with zero attached hydrogens (tertiary/aromatic N) is 2. The van der Waals surface area contributed by atoms with Gasteiger partial charge in [-0.25, -0.2) is 0 Å². The summed E-state index contributed by atoms with van der Waals surface area (Å²) in [6.07, 6.45) is 0. The molecule has 6 nitrogen and oxygen atoms in total. The molecule has 17 heavy (non-hydrogen) atoms. The smallest absolute Gasteiger partial charge is 0.226 e. The van der Waals surface area contributed by atoms with Crippen LogP contribution >= 0.6 is 0 Å². The summed E-state index contributed by atoms with van der Waals surface area (Å²) < 4.78 is 0. The molecule has 1 rings (SSSR count). The lowest BCUT2D eigenvalue weighted by Crippen LogP contribution is -2.41. The summed E-state index contributed by atoms with van der Waals surface area (Å²) in [5, 5.41) is 2.57. The summed E-state index contributed by atoms with van der Waals surface area (Å²) in [6.45, 7) is 4.68. The molecule has 0 unspecified atom stereocenters. The van der Waals surface area contributed by atoms with Crippen LogP contribution in [0.15, 0.2) is 0 Å². The lowest BCUT2D eigenvalue weighted by Gasteiger charge is -2.22. The molecule has 0 aromatic carbocycles. The number of carbonyl (C=O) groups excluding carboxylic acids is 3. The fourth-order valence-corrected chi connectivity index (χ4v) is 1.96. The van der Waals surface area contributed by atoms with Gasteiger partial charge < -0.3 is 15.1 Å². The minimum Gasteiger partial charge on any atom is -0.359 e. The Bertz CT molecular complexity index is 306. The van der Waals surface area contributed by atoms with Crippen LogP contribution in [-0.2, 0) is 14.4 Å². The zero-order valence-electron chi connectivity index (χ0n) is 10.5. The van der Waals surface area contributed by atoms with E-state index < -0.39 is 0 Å². The van der Waals surface area contributed by atoms with Gasteiger partial charge in [0, 0.05) is 47.1 Å². The van der Waals surface area contributed by atoms with Crippen LogP contribution in [0, 0.1) is 5.92 Å². The van der Waals surface area contributed by atoms with Gasteiger partial charge in [-0.15, -0.1) is 0 Å². The van der Waals surface area contributed by atoms with E-state index in [9.17, 15) is 14.4 Å². The van der Waals surface area contributed by atoms with Gasteiger partial charge in [-0.3, -0.25) is 14.4 Å². The second-order valence-corrected chi connectivity index (χ2v) is 4.24. The van der Waals surface area contributed by atoms with Crippen LogP contribution in [0.1, 0.15) is 13.8 Å². The Morgan fingerprint density at radius 3 is 1.71 bits per heavy atom. The van der Waals surface area contributed by atoms with E-state index in [0.717, 1.165) is 0 Å². The summed E-state index contributed by atoms with van der Waals surface area (Å²) in [5.41, 5.74) is 0. The molecule has 1 saturated heterocycles. The van der Waals surface area contributed by atoms with Gasteiger partial charge in [0.25, 0.3) is 0 Å². The molecular formula is C11H19N3O3. The summed E-state index contributed by atoms with van der Waals surface area (Å²) in [6, 6.07) is 0. The van der Waals surface area contributed by atoms with Crippen LogP contribution in [0.5, 0.6) is 0 Å². The van der Waals surface area contributed by atoms with Crippen LogP contribution in [0.4, 0.5) is 0 Å². The maximum Gasteiger partial charge on any atom is 0.226 e. The monoisotopic (exact) mass is 241 g/mol. The molecule has 1 heterocycles. The first-order valence-corrected chi connectivity index (χ1v) is 5.68. The predicted molar refractivity (Wildman–Crippen MR) is 62.1 cm³/mol. The Labute approximate surface area is 101 Å². The first-order valence-electron chi connectivity index (χ1n) is 5.68. The second-order valence-electron chi connectivity index (χ2n) is 4.24. The molecule has 1 aliphatic rings. The van der Waals surface area contributed by atoms with Crippen molar-refractivity contribution in [3.63, 3.8) is 0 Å². The van der Waals surface area contributed by atoms with Gasteiger partial charge in [0.15, 0.2) is 0 Å². The highest BCUT2D eigenvalue weighted by molar-refractivity contribution is 5.81. The van der Waals surface area contributed by atoms with Gasteiger partial charge in [-0.05, 0) is 0 Å². The van der Waals surface area contributed by atoms with Gasteiger partial charge >= 0.3 is 0 Å². The fraction of sp³-hybridized carbons (Fsp3) is 0.727. The molecule has 0 bridgehead atoms. The van der Waals surface area contributed by atoms with Crippen molar-refractivity contribution in [3.05, 3.63) is 0 Å². The van der Waals surface area contributed by atoms with Crippen LogP contribution in [-0.4, -0.2) is 60.7 Å². The van der Waals surface area contributed by atoms with E-state index in [-0.39, 0.29) is 23.6 Å². The quantitative estimate of drug-likeness (QED) is 0.644. The topological polar surface area (TPSA) is 69.7 Å². The molecule has 0 radical (unpaired) electrons. The highest BCUT2D eigenvalue weighted by atomic mass is 16.2. The number of hydrogen-bond donors (Lipinski definition) is 1. The third-order valence-electron chi connectivity index (χ3n) is 3.03. The molecule has 0 saturated carbocycles. The van der Waals surface area contributed by atoms with Gasteiger partial charge in [0.05, 0.1) is 5.92 Å². The average Bonchev–Trinajstić information content (AvgIpc) is 2.50. The molecule has 0 aromatic heterocycles. The first kappa shape index (κ1) is 13.5. The highest BCUT2D eigenvalue weighted by Crippen LogP contribution is 2.10. The summed E-state index contributed by atoms with van der Waals surface area (Å²) >= 11 is 0. The number of amides is 3. The normalized spacial score (nSPS) is 17.6. The second kappa shape index (κ2) is 5.65. The van der Waals surface area contributed by atoms with Gasteiger partial charge in [0.2, 0.25) is 17.7 Å². The number of rotatable bonds is 1. The molecular weight excluding hydrogens is 222 g/mol. The Balaban J connectivity index is 2.82. The van der Waals surface area contributed by atoms with Crippen molar-refractivity contribution in [2.75, 3.05) is 33.2 Å². The minimum atomic E-state index is -0.352. The van der Waals surface area contributed by atoms with Crippen molar-refractivity contribution >= 4 is 17.7 Å². The molecule has 0 atom stereocenters. The van der Waals surface area contributed by atoms with Crippen molar-refractivity contribution in [2.45, 2.75) is 13.8 Å². The lowest BCUT2D eigenvalue weighted by atomic mass is 10.1. The molecule has 0 spiro atoms. The van der Waals surface area contributed by atoms with Gasteiger partial charge in [0.1, 0.15) is 0 Å². The minimum absolute atomic E-state index is 0.0655. The van der Waals surface area contributed by atoms with Crippen molar-refractivity contribution < 1.29 is 14.4 Å². The maximum absolute atomic E-state index is 11.7. The fourth-order valence-electron chi connectivity index (χ4n) is 1.96. The van der Waals surface area contributed by atoms with Crippen molar-refractivity contribution in [2.24, 2.45) is 5.92 Å². The molecule has 6 heteroatoms. The maximum atomic E-state index is 11.7. The third kappa shape index (κ3) is 3.44. The van der Waals surface area contributed by atoms with Crippen LogP contribution in [0.2, 0.25) is 0 Å². The first-order chi connectivity index (χ1) is 7.95. The van der Waals surface area contributed by atoms with Crippen LogP contribution in [0.3, 0.4) is 0 Å². The lowest BCUT2D eigenvalue weighted by molar-refractivity contribution is -0.131. The van der Waals surface area contributed by atoms with E-state index >= 15 is 0 Å². The standard InChI is InChI=1S/C11H19N3O3/c1-8(15)13-4-5-14(9(2)16)7-10(6-13)11(17)12-3/h10H,4-7H2,1-3H3,(H,12,17). The molecule has 1 fully saturated rings. The Kier molecular flexibility index (Phi) is 4.48. The van der Waals surface area contributed by atoms with Crippen molar-refractivity contribution in [1.82, 2.24) is 15.1 Å². The Morgan fingerprint density at radius 1 is 1.00 bits per heavy atom. The molecule has 1 aliphatic heterocycles. The number of hydrogen-bond acceptors (Lipinski definition) is 3. The molecule has 1 N–H and O–H groups in total. The van der Waals surface area contributed by atoms with E-state index in [4.69, 9.17) is 0 Å². The van der Waals surface area contributed by atoms with E-state index in [0.29, 0.717) is 26.2 Å². The Morgan fingerprint density at radius 2 is 1.41 bits per heavy atom. The SMILES string of the molecule is CNC(=O)C1CN(C(C)=O)CCN(C(C)=O)C1. The van der Waals surface area contributed by atoms with Crippen LogP contribution in [0.25, 0.3) is 0 Å². The number of carbonyl (C=O) groups is 3.